The molecule has 3 heterocycles. The minimum Gasteiger partial charge on any atom is -0.374 e. The Balaban J connectivity index is 1.47. The normalized spacial score (nSPS) is 24.4. The lowest BCUT2D eigenvalue weighted by atomic mass is 9.88. The fourth-order valence-electron chi connectivity index (χ4n) is 4.02. The Kier molecular flexibility index (Phi) is 4.79. The molecule has 2 saturated heterocycles. The molecule has 1 amide bonds. The van der Waals surface area contributed by atoms with Crippen LogP contribution in [0.1, 0.15) is 30.4 Å². The van der Waals surface area contributed by atoms with Gasteiger partial charge >= 0.3 is 0 Å². The number of carbonyl (C=O) groups excluding carboxylic acids is 1. The Bertz CT molecular complexity index is 704. The third-order valence-corrected chi connectivity index (χ3v) is 5.37. The molecule has 2 bridgehead atoms. The van der Waals surface area contributed by atoms with Crippen LogP contribution in [0.5, 0.6) is 0 Å². The van der Waals surface area contributed by atoms with Crippen LogP contribution in [0.2, 0.25) is 0 Å². The number of carbonyl (C=O) groups is 1. The number of benzene rings is 1. The molecular weight excluding hydrogens is 312 g/mol. The summed E-state index contributed by atoms with van der Waals surface area (Å²) in [6, 6.07) is 14.3. The molecule has 0 aliphatic carbocycles. The summed E-state index contributed by atoms with van der Waals surface area (Å²) in [4.78, 5) is 19.3. The molecule has 0 spiro atoms. The molecule has 0 radical (unpaired) electrons. The lowest BCUT2D eigenvalue weighted by Crippen LogP contribution is -2.40. The molecule has 4 nitrogen and oxygen atoms in total. The average Bonchev–Trinajstić information content (AvgIpc) is 3.30. The summed E-state index contributed by atoms with van der Waals surface area (Å²) in [5, 5.41) is 0. The summed E-state index contributed by atoms with van der Waals surface area (Å²) < 4.78 is 5.91. The molecule has 0 saturated carbocycles. The summed E-state index contributed by atoms with van der Waals surface area (Å²) in [6.07, 6.45) is 7.92. The van der Waals surface area contributed by atoms with Crippen LogP contribution in [-0.4, -0.2) is 34.5 Å². The number of rotatable bonds is 6. The molecule has 2 aromatic rings. The number of hydrogen-bond acceptors (Lipinski definition) is 3. The van der Waals surface area contributed by atoms with Gasteiger partial charge in [0, 0.05) is 25.5 Å². The van der Waals surface area contributed by atoms with Gasteiger partial charge in [0.2, 0.25) is 5.91 Å². The summed E-state index contributed by atoms with van der Waals surface area (Å²) in [6.45, 7) is 1.38. The minimum atomic E-state index is 0.0383. The summed E-state index contributed by atoms with van der Waals surface area (Å²) >= 11 is 0. The highest BCUT2D eigenvalue weighted by Crippen LogP contribution is 2.39. The highest BCUT2D eigenvalue weighted by atomic mass is 16.5. The van der Waals surface area contributed by atoms with Crippen molar-refractivity contribution < 1.29 is 9.53 Å². The number of ether oxygens (including phenoxy) is 1. The van der Waals surface area contributed by atoms with Crippen molar-refractivity contribution in [2.24, 2.45) is 5.92 Å². The van der Waals surface area contributed by atoms with Crippen molar-refractivity contribution in [3.8, 4) is 0 Å². The largest absolute Gasteiger partial charge is 0.374 e. The molecule has 25 heavy (non-hydrogen) atoms. The van der Waals surface area contributed by atoms with Gasteiger partial charge in [-0.2, -0.15) is 0 Å². The van der Waals surface area contributed by atoms with E-state index in [0.717, 1.165) is 37.8 Å². The Morgan fingerprint density at radius 1 is 1.08 bits per heavy atom. The van der Waals surface area contributed by atoms with E-state index in [1.807, 2.05) is 35.2 Å². The van der Waals surface area contributed by atoms with E-state index in [-0.39, 0.29) is 17.9 Å². The van der Waals surface area contributed by atoms with Gasteiger partial charge in [0.05, 0.1) is 18.1 Å². The molecular formula is C21H24N2O2. The molecule has 4 heteroatoms. The number of nitrogens with zero attached hydrogens (tertiary/aromatic N) is 2. The molecule has 2 fully saturated rings. The number of pyridine rings is 1. The highest BCUT2D eigenvalue weighted by molar-refractivity contribution is 5.80. The quantitative estimate of drug-likeness (QED) is 0.813. The fraction of sp³-hybridized carbons (Fsp3) is 0.429. The van der Waals surface area contributed by atoms with E-state index in [0.29, 0.717) is 12.6 Å². The van der Waals surface area contributed by atoms with Crippen LogP contribution < -0.4 is 0 Å². The highest BCUT2D eigenvalue weighted by Gasteiger charge is 2.45. The van der Waals surface area contributed by atoms with E-state index in [1.54, 1.807) is 12.4 Å². The van der Waals surface area contributed by atoms with Gasteiger partial charge in [0.25, 0.3) is 0 Å². The molecule has 1 aromatic heterocycles. The summed E-state index contributed by atoms with van der Waals surface area (Å²) in [7, 11) is 0. The molecule has 4 rings (SSSR count). The number of hydrogen-bond donors (Lipinski definition) is 0. The monoisotopic (exact) mass is 336 g/mol. The molecule has 3 unspecified atom stereocenters. The van der Waals surface area contributed by atoms with Crippen LogP contribution in [0, 0.1) is 5.92 Å². The molecule has 2 aliphatic heterocycles. The fourth-order valence-corrected chi connectivity index (χ4v) is 4.02. The van der Waals surface area contributed by atoms with Gasteiger partial charge in [-0.15, -0.1) is 0 Å². The van der Waals surface area contributed by atoms with Crippen LogP contribution in [0.15, 0.2) is 54.9 Å². The standard InChI is InChI=1S/C21H24N2O2/c24-21(19-14-18-6-7-20(19)25-18)23(15-17-8-11-22-12-9-17)13-10-16-4-2-1-3-5-16/h1-5,8-9,11-12,18-20H,6-7,10,13-15H2. The van der Waals surface area contributed by atoms with E-state index in [2.05, 4.69) is 17.1 Å². The smallest absolute Gasteiger partial charge is 0.228 e. The molecule has 3 atom stereocenters. The van der Waals surface area contributed by atoms with Gasteiger partial charge in [0.15, 0.2) is 0 Å². The first-order valence-corrected chi connectivity index (χ1v) is 9.16. The first kappa shape index (κ1) is 16.3. The van der Waals surface area contributed by atoms with E-state index >= 15 is 0 Å². The zero-order valence-corrected chi connectivity index (χ0v) is 14.4. The first-order chi connectivity index (χ1) is 12.3. The second-order valence-corrected chi connectivity index (χ2v) is 7.07. The number of aromatic nitrogens is 1. The number of amides is 1. The van der Waals surface area contributed by atoms with E-state index in [4.69, 9.17) is 4.74 Å². The van der Waals surface area contributed by atoms with Crippen molar-refractivity contribution in [3.05, 3.63) is 66.0 Å². The second kappa shape index (κ2) is 7.36. The van der Waals surface area contributed by atoms with Crippen molar-refractivity contribution in [1.82, 2.24) is 9.88 Å². The third kappa shape index (κ3) is 3.74. The van der Waals surface area contributed by atoms with Crippen molar-refractivity contribution in [3.63, 3.8) is 0 Å². The van der Waals surface area contributed by atoms with Gasteiger partial charge in [-0.05, 0) is 48.9 Å². The maximum atomic E-state index is 13.2. The van der Waals surface area contributed by atoms with Crippen molar-refractivity contribution in [2.45, 2.75) is 44.4 Å². The molecule has 2 aliphatic rings. The maximum Gasteiger partial charge on any atom is 0.228 e. The Morgan fingerprint density at radius 2 is 1.88 bits per heavy atom. The van der Waals surface area contributed by atoms with E-state index < -0.39 is 0 Å². The SMILES string of the molecule is O=C(C1CC2CCC1O2)N(CCc1ccccc1)Cc1ccncc1. The topological polar surface area (TPSA) is 42.4 Å². The Labute approximate surface area is 148 Å². The predicted molar refractivity (Wildman–Crippen MR) is 95.8 cm³/mol. The zero-order valence-electron chi connectivity index (χ0n) is 14.4. The third-order valence-electron chi connectivity index (χ3n) is 5.37. The minimum absolute atomic E-state index is 0.0383. The molecule has 0 N–H and O–H groups in total. The summed E-state index contributed by atoms with van der Waals surface area (Å²) in [5.74, 6) is 0.288. The zero-order chi connectivity index (χ0) is 17.1. The van der Waals surface area contributed by atoms with Crippen LogP contribution in [0.4, 0.5) is 0 Å². The first-order valence-electron chi connectivity index (χ1n) is 9.16. The van der Waals surface area contributed by atoms with Gasteiger partial charge in [-0.1, -0.05) is 30.3 Å². The summed E-state index contributed by atoms with van der Waals surface area (Å²) in [5.41, 5.74) is 2.39. The van der Waals surface area contributed by atoms with Crippen LogP contribution in [0.25, 0.3) is 0 Å². The lowest BCUT2D eigenvalue weighted by Gasteiger charge is -2.28. The maximum absolute atomic E-state index is 13.2. The van der Waals surface area contributed by atoms with Gasteiger partial charge in [-0.25, -0.2) is 0 Å². The van der Waals surface area contributed by atoms with Gasteiger partial charge in [0.1, 0.15) is 0 Å². The Morgan fingerprint density at radius 3 is 2.56 bits per heavy atom. The van der Waals surface area contributed by atoms with Crippen LogP contribution >= 0.6 is 0 Å². The van der Waals surface area contributed by atoms with Crippen molar-refractivity contribution in [2.75, 3.05) is 6.54 Å². The van der Waals surface area contributed by atoms with Gasteiger partial charge in [-0.3, -0.25) is 9.78 Å². The average molecular weight is 336 g/mol. The number of fused-ring (bicyclic) bond motifs is 2. The van der Waals surface area contributed by atoms with Crippen LogP contribution in [-0.2, 0) is 22.5 Å². The van der Waals surface area contributed by atoms with E-state index in [1.165, 1.54) is 5.56 Å². The Hall–Kier alpha value is -2.20. The van der Waals surface area contributed by atoms with Crippen molar-refractivity contribution in [1.29, 1.82) is 0 Å². The lowest BCUT2D eigenvalue weighted by molar-refractivity contribution is -0.137. The second-order valence-electron chi connectivity index (χ2n) is 7.07. The molecule has 130 valence electrons. The van der Waals surface area contributed by atoms with Crippen molar-refractivity contribution >= 4 is 5.91 Å². The molecule has 1 aromatic carbocycles. The van der Waals surface area contributed by atoms with Gasteiger partial charge < -0.3 is 9.64 Å². The van der Waals surface area contributed by atoms with E-state index in [9.17, 15) is 4.79 Å². The predicted octanol–water partition coefficient (Wildman–Crippen LogP) is 3.22. The van der Waals surface area contributed by atoms with Crippen LogP contribution in [0.3, 0.4) is 0 Å².